The van der Waals surface area contributed by atoms with Gasteiger partial charge in [-0.05, 0) is 72.9 Å². The Bertz CT molecular complexity index is 1300. The molecule has 2 saturated heterocycles. The smallest absolute Gasteiger partial charge is 0.246 e. The number of piperidine rings is 2. The van der Waals surface area contributed by atoms with Gasteiger partial charge in [0.1, 0.15) is 6.29 Å². The van der Waals surface area contributed by atoms with Crippen LogP contribution in [0.4, 0.5) is 13.2 Å². The van der Waals surface area contributed by atoms with Gasteiger partial charge in [0.25, 0.3) is 0 Å². The Kier molecular flexibility index (Phi) is 7.95. The van der Waals surface area contributed by atoms with E-state index in [2.05, 4.69) is 39.8 Å². The van der Waals surface area contributed by atoms with E-state index in [1.165, 1.54) is 23.1 Å². The maximum Gasteiger partial charge on any atom is 0.246 e. The highest BCUT2D eigenvalue weighted by molar-refractivity contribution is 5.91. The Hall–Kier alpha value is -3.43. The molecule has 5 rings (SSSR count). The van der Waals surface area contributed by atoms with E-state index in [1.54, 1.807) is 4.90 Å². The second-order valence-electron chi connectivity index (χ2n) is 10.1. The molecule has 2 aliphatic heterocycles. The normalized spacial score (nSPS) is 18.9. The van der Waals surface area contributed by atoms with E-state index >= 15 is 0 Å². The van der Waals surface area contributed by atoms with Gasteiger partial charge in [0, 0.05) is 49.4 Å². The van der Waals surface area contributed by atoms with Crippen molar-refractivity contribution in [1.82, 2.24) is 20.3 Å². The largest absolute Gasteiger partial charge is 0.361 e. The zero-order chi connectivity index (χ0) is 26.6. The summed E-state index contributed by atoms with van der Waals surface area (Å²) in [5.41, 5.74) is 6.00. The van der Waals surface area contributed by atoms with E-state index in [4.69, 9.17) is 0 Å². The minimum Gasteiger partial charge on any atom is -0.361 e. The Morgan fingerprint density at radius 3 is 2.37 bits per heavy atom. The molecule has 2 N–H and O–H groups in total. The summed E-state index contributed by atoms with van der Waals surface area (Å²) in [5.74, 6) is -3.84. The Morgan fingerprint density at radius 2 is 1.68 bits per heavy atom. The molecule has 2 fully saturated rings. The molecule has 0 saturated carbocycles. The predicted molar refractivity (Wildman–Crippen MR) is 139 cm³/mol. The number of carbonyl (C=O) groups is 2. The summed E-state index contributed by atoms with van der Waals surface area (Å²) in [4.78, 5) is 29.5. The van der Waals surface area contributed by atoms with Crippen LogP contribution in [0, 0.1) is 23.4 Å². The molecule has 2 aliphatic rings. The number of H-pyrrole nitrogens is 1. The molecule has 38 heavy (non-hydrogen) atoms. The number of nitrogens with one attached hydrogen (secondary N) is 2. The molecule has 1 amide bonds. The fourth-order valence-electron chi connectivity index (χ4n) is 5.63. The lowest BCUT2D eigenvalue weighted by atomic mass is 9.89. The minimum atomic E-state index is -1.53. The number of aromatic amines is 1. The second-order valence-corrected chi connectivity index (χ2v) is 10.1. The molecule has 3 aromatic rings. The van der Waals surface area contributed by atoms with Gasteiger partial charge in [-0.25, -0.2) is 23.6 Å². The van der Waals surface area contributed by atoms with Crippen LogP contribution in [0.15, 0.2) is 48.7 Å². The van der Waals surface area contributed by atoms with Gasteiger partial charge in [-0.3, -0.25) is 4.79 Å². The molecule has 0 spiro atoms. The van der Waals surface area contributed by atoms with Gasteiger partial charge < -0.3 is 14.7 Å². The van der Waals surface area contributed by atoms with Crippen molar-refractivity contribution in [2.45, 2.75) is 37.6 Å². The minimum absolute atomic E-state index is 0.0725. The third-order valence-electron chi connectivity index (χ3n) is 7.82. The average molecular weight is 525 g/mol. The number of carbonyl (C=O) groups excluding carboxylic acids is 2. The zero-order valence-corrected chi connectivity index (χ0v) is 21.0. The van der Waals surface area contributed by atoms with Gasteiger partial charge in [-0.1, -0.05) is 18.2 Å². The summed E-state index contributed by atoms with van der Waals surface area (Å²) in [6.45, 7) is 2.66. The summed E-state index contributed by atoms with van der Waals surface area (Å²) < 4.78 is 39.9. The number of hydrogen-bond acceptors (Lipinski definition) is 4. The summed E-state index contributed by atoms with van der Waals surface area (Å²) in [6, 6.07) is 9.71. The van der Waals surface area contributed by atoms with E-state index in [-0.39, 0.29) is 23.4 Å². The third kappa shape index (κ3) is 5.68. The number of aromatic nitrogens is 1. The highest BCUT2D eigenvalue weighted by Crippen LogP contribution is 2.33. The van der Waals surface area contributed by atoms with Crippen molar-refractivity contribution >= 4 is 29.2 Å². The highest BCUT2D eigenvalue weighted by Gasteiger charge is 2.30. The first kappa shape index (κ1) is 26.2. The van der Waals surface area contributed by atoms with Gasteiger partial charge in [0.15, 0.2) is 17.5 Å². The topological polar surface area (TPSA) is 68.4 Å². The van der Waals surface area contributed by atoms with Crippen LogP contribution in [-0.2, 0) is 9.59 Å². The average Bonchev–Trinajstić information content (AvgIpc) is 3.38. The van der Waals surface area contributed by atoms with Gasteiger partial charge in [0.05, 0.1) is 6.04 Å². The van der Waals surface area contributed by atoms with E-state index in [9.17, 15) is 22.8 Å². The van der Waals surface area contributed by atoms with Crippen LogP contribution in [-0.4, -0.2) is 59.3 Å². The molecular weight excluding hydrogens is 493 g/mol. The first-order valence-corrected chi connectivity index (χ1v) is 13.1. The van der Waals surface area contributed by atoms with E-state index < -0.39 is 17.5 Å². The van der Waals surface area contributed by atoms with Crippen molar-refractivity contribution in [3.63, 3.8) is 0 Å². The lowest BCUT2D eigenvalue weighted by Crippen LogP contribution is -2.53. The molecule has 0 bridgehead atoms. The Balaban J connectivity index is 1.10. The second kappa shape index (κ2) is 11.5. The monoisotopic (exact) mass is 524 g/mol. The first-order chi connectivity index (χ1) is 18.4. The highest BCUT2D eigenvalue weighted by atomic mass is 19.2. The number of aldehydes is 1. The molecule has 1 atom stereocenters. The lowest BCUT2D eigenvalue weighted by molar-refractivity contribution is -0.127. The number of amides is 1. The molecule has 200 valence electrons. The lowest BCUT2D eigenvalue weighted by Gasteiger charge is -2.38. The van der Waals surface area contributed by atoms with Gasteiger partial charge in [-0.2, -0.15) is 0 Å². The van der Waals surface area contributed by atoms with Gasteiger partial charge in [0.2, 0.25) is 5.91 Å². The van der Waals surface area contributed by atoms with Crippen molar-refractivity contribution in [3.8, 4) is 0 Å². The number of hydrogen-bond donors (Lipinski definition) is 2. The number of likely N-dealkylation sites (tertiary alicyclic amines) is 1. The van der Waals surface area contributed by atoms with Crippen molar-refractivity contribution < 1.29 is 22.8 Å². The predicted octanol–water partition coefficient (Wildman–Crippen LogP) is 4.79. The number of rotatable bonds is 7. The molecular formula is C29H31F3N4O2. The molecule has 0 aliphatic carbocycles. The Labute approximate surface area is 219 Å². The van der Waals surface area contributed by atoms with Crippen molar-refractivity contribution in [2.24, 2.45) is 5.92 Å². The SMILES string of the molecule is O=CC(NN1CCC(c2c[nH]c3ccccc23)CC1)C1CCN(C(=O)/C=C/c2cc(F)c(F)c(F)c2)CC1. The number of nitrogens with zero attached hydrogens (tertiary/aromatic N) is 2. The Morgan fingerprint density at radius 1 is 1.00 bits per heavy atom. The third-order valence-corrected chi connectivity index (χ3v) is 7.82. The molecule has 1 unspecified atom stereocenters. The fourth-order valence-corrected chi connectivity index (χ4v) is 5.63. The molecule has 6 nitrogen and oxygen atoms in total. The zero-order valence-electron chi connectivity index (χ0n) is 21.0. The maximum atomic E-state index is 13.4. The summed E-state index contributed by atoms with van der Waals surface area (Å²) in [7, 11) is 0. The number of para-hydroxylation sites is 1. The number of fused-ring (bicyclic) bond motifs is 1. The molecule has 3 heterocycles. The van der Waals surface area contributed by atoms with Crippen LogP contribution < -0.4 is 5.43 Å². The van der Waals surface area contributed by atoms with Crippen molar-refractivity contribution in [3.05, 3.63) is 77.2 Å². The summed E-state index contributed by atoms with van der Waals surface area (Å²) in [5, 5.41) is 3.42. The summed E-state index contributed by atoms with van der Waals surface area (Å²) >= 11 is 0. The van der Waals surface area contributed by atoms with Crippen molar-refractivity contribution in [2.75, 3.05) is 26.2 Å². The standard InChI is InChI=1S/C29H31F3N4O2/c30-24-15-19(16-25(31)29(24)32)5-6-28(38)35-11-7-21(8-12-35)27(18-37)34-36-13-9-20(10-14-36)23-17-33-26-4-2-1-3-22(23)26/h1-6,15-18,20-21,27,33-34H,7-14H2/b6-5+. The van der Waals surface area contributed by atoms with Crippen LogP contribution in [0.2, 0.25) is 0 Å². The molecule has 2 aromatic carbocycles. The van der Waals surface area contributed by atoms with Crippen LogP contribution in [0.5, 0.6) is 0 Å². The van der Waals surface area contributed by atoms with E-state index in [0.29, 0.717) is 31.8 Å². The van der Waals surface area contributed by atoms with E-state index in [1.807, 2.05) is 6.07 Å². The number of hydrazine groups is 1. The van der Waals surface area contributed by atoms with E-state index in [0.717, 1.165) is 49.9 Å². The number of benzene rings is 2. The molecule has 0 radical (unpaired) electrons. The van der Waals surface area contributed by atoms with Gasteiger partial charge >= 0.3 is 0 Å². The van der Waals surface area contributed by atoms with Crippen LogP contribution in [0.3, 0.4) is 0 Å². The molecule has 1 aromatic heterocycles. The fraction of sp³-hybridized carbons (Fsp3) is 0.379. The quantitative estimate of drug-likeness (QED) is 0.265. The molecule has 9 heteroatoms. The van der Waals surface area contributed by atoms with Crippen LogP contribution >= 0.6 is 0 Å². The summed E-state index contributed by atoms with van der Waals surface area (Å²) in [6.07, 6.45) is 8.93. The van der Waals surface area contributed by atoms with Crippen LogP contribution in [0.25, 0.3) is 17.0 Å². The van der Waals surface area contributed by atoms with Crippen molar-refractivity contribution in [1.29, 1.82) is 0 Å². The maximum absolute atomic E-state index is 13.4. The number of halogens is 3. The first-order valence-electron chi connectivity index (χ1n) is 13.1. The van der Waals surface area contributed by atoms with Crippen LogP contribution in [0.1, 0.15) is 42.7 Å². The van der Waals surface area contributed by atoms with Gasteiger partial charge in [-0.15, -0.1) is 0 Å².